The van der Waals surface area contributed by atoms with Crippen LogP contribution in [-0.4, -0.2) is 38.6 Å². The van der Waals surface area contributed by atoms with Gasteiger partial charge in [0.05, 0.1) is 11.7 Å². The maximum atomic E-state index is 5.58. The predicted molar refractivity (Wildman–Crippen MR) is 110 cm³/mol. The van der Waals surface area contributed by atoms with Crippen molar-refractivity contribution in [1.29, 1.82) is 0 Å². The van der Waals surface area contributed by atoms with Crippen LogP contribution in [0.25, 0.3) is 5.69 Å². The van der Waals surface area contributed by atoms with Crippen LogP contribution in [0, 0.1) is 0 Å². The fraction of sp³-hybridized carbons (Fsp3) is 0.250. The summed E-state index contributed by atoms with van der Waals surface area (Å²) in [6, 6.07) is 14.2. The third-order valence-corrected chi connectivity index (χ3v) is 5.27. The molecule has 0 bridgehead atoms. The quantitative estimate of drug-likeness (QED) is 0.666. The van der Waals surface area contributed by atoms with Gasteiger partial charge in [-0.25, -0.2) is 9.67 Å². The van der Waals surface area contributed by atoms with Gasteiger partial charge in [-0.15, -0.1) is 0 Å². The molecule has 7 nitrogen and oxygen atoms in total. The molecule has 144 valence electrons. The van der Waals surface area contributed by atoms with Crippen molar-refractivity contribution < 1.29 is 9.47 Å². The molecule has 1 aliphatic rings. The first-order valence-electron chi connectivity index (χ1n) is 8.96. The summed E-state index contributed by atoms with van der Waals surface area (Å²) in [6.45, 7) is 3.03. The Morgan fingerprint density at radius 1 is 1.21 bits per heavy atom. The van der Waals surface area contributed by atoms with E-state index >= 15 is 0 Å². The van der Waals surface area contributed by atoms with Gasteiger partial charge in [-0.1, -0.05) is 18.2 Å². The van der Waals surface area contributed by atoms with E-state index in [1.165, 1.54) is 11.9 Å². The lowest BCUT2D eigenvalue weighted by Gasteiger charge is -2.28. The van der Waals surface area contributed by atoms with Gasteiger partial charge in [0.2, 0.25) is 6.79 Å². The van der Waals surface area contributed by atoms with Crippen LogP contribution >= 0.6 is 12.2 Å². The highest BCUT2D eigenvalue weighted by Gasteiger charge is 2.16. The minimum Gasteiger partial charge on any atom is -0.454 e. The van der Waals surface area contributed by atoms with Crippen LogP contribution in [-0.2, 0) is 6.54 Å². The van der Waals surface area contributed by atoms with Crippen LogP contribution in [0.5, 0.6) is 11.5 Å². The highest BCUT2D eigenvalue weighted by Crippen LogP contribution is 2.32. The molecule has 0 saturated heterocycles. The maximum absolute atomic E-state index is 5.58. The summed E-state index contributed by atoms with van der Waals surface area (Å²) in [5, 5.41) is 8.15. The molecule has 2 aromatic carbocycles. The van der Waals surface area contributed by atoms with Crippen molar-refractivity contribution in [1.82, 2.24) is 25.0 Å². The van der Waals surface area contributed by atoms with Crippen molar-refractivity contribution in [2.45, 2.75) is 19.5 Å². The number of rotatable bonds is 5. The molecule has 2 heterocycles. The van der Waals surface area contributed by atoms with Gasteiger partial charge in [0, 0.05) is 13.6 Å². The van der Waals surface area contributed by atoms with Crippen LogP contribution in [0.1, 0.15) is 24.1 Å². The molecule has 0 aliphatic carbocycles. The lowest BCUT2D eigenvalue weighted by atomic mass is 10.1. The summed E-state index contributed by atoms with van der Waals surface area (Å²) in [6.07, 6.45) is 3.20. The molecule has 28 heavy (non-hydrogen) atoms. The lowest BCUT2D eigenvalue weighted by Crippen LogP contribution is -2.38. The third kappa shape index (κ3) is 3.77. The molecule has 0 saturated carbocycles. The van der Waals surface area contributed by atoms with Gasteiger partial charge in [0.1, 0.15) is 12.7 Å². The van der Waals surface area contributed by atoms with Crippen molar-refractivity contribution in [2.24, 2.45) is 0 Å². The van der Waals surface area contributed by atoms with E-state index in [0.29, 0.717) is 11.7 Å². The van der Waals surface area contributed by atoms with E-state index in [-0.39, 0.29) is 12.8 Å². The van der Waals surface area contributed by atoms with Gasteiger partial charge < -0.3 is 19.7 Å². The Kier molecular flexibility index (Phi) is 5.12. The number of thiocarbonyl (C=S) groups is 1. The Morgan fingerprint density at radius 2 is 2.00 bits per heavy atom. The fourth-order valence-corrected chi connectivity index (χ4v) is 3.23. The smallest absolute Gasteiger partial charge is 0.231 e. The number of ether oxygens (including phenoxy) is 2. The summed E-state index contributed by atoms with van der Waals surface area (Å²) in [7, 11) is 1.99. The van der Waals surface area contributed by atoms with Gasteiger partial charge in [-0.05, 0) is 54.5 Å². The maximum Gasteiger partial charge on any atom is 0.231 e. The molecule has 1 aliphatic heterocycles. The van der Waals surface area contributed by atoms with E-state index < -0.39 is 0 Å². The second kappa shape index (κ2) is 7.85. The minimum atomic E-state index is 0.126. The Hall–Kier alpha value is -3.13. The van der Waals surface area contributed by atoms with Crippen molar-refractivity contribution >= 4 is 17.3 Å². The molecule has 0 fully saturated rings. The Labute approximate surface area is 168 Å². The SMILES string of the molecule is C[C@H](c1ccc(-n2cncn2)cc1)N(C)C(=S)NCc1ccc2c(c1)OCO2. The van der Waals surface area contributed by atoms with E-state index in [9.17, 15) is 0 Å². The summed E-state index contributed by atoms with van der Waals surface area (Å²) in [4.78, 5) is 6.02. The molecule has 1 atom stereocenters. The lowest BCUT2D eigenvalue weighted by molar-refractivity contribution is 0.174. The molecule has 0 unspecified atom stereocenters. The second-order valence-electron chi connectivity index (χ2n) is 6.56. The summed E-state index contributed by atoms with van der Waals surface area (Å²) >= 11 is 5.58. The molecule has 0 amide bonds. The predicted octanol–water partition coefficient (Wildman–Crippen LogP) is 3.06. The van der Waals surface area contributed by atoms with Gasteiger partial charge >= 0.3 is 0 Å². The standard InChI is InChI=1S/C20H21N5O2S/c1-14(16-4-6-17(7-5-16)25-12-21-11-23-25)24(2)20(28)22-10-15-3-8-18-19(9-15)27-13-26-18/h3-9,11-12,14H,10,13H2,1-2H3,(H,22,28)/t14-/m1/s1. The molecule has 1 N–H and O–H groups in total. The molecule has 4 rings (SSSR count). The highest BCUT2D eigenvalue weighted by molar-refractivity contribution is 7.80. The van der Waals surface area contributed by atoms with Gasteiger partial charge in [0.15, 0.2) is 16.6 Å². The number of aromatic nitrogens is 3. The zero-order chi connectivity index (χ0) is 19.5. The van der Waals surface area contributed by atoms with Crippen LogP contribution in [0.4, 0.5) is 0 Å². The number of benzene rings is 2. The number of fused-ring (bicyclic) bond motifs is 1. The monoisotopic (exact) mass is 395 g/mol. The zero-order valence-electron chi connectivity index (χ0n) is 15.7. The Morgan fingerprint density at radius 3 is 2.75 bits per heavy atom. The van der Waals surface area contributed by atoms with Crippen LogP contribution in [0.3, 0.4) is 0 Å². The first kappa shape index (κ1) is 18.2. The molecular formula is C20H21N5O2S. The Balaban J connectivity index is 1.36. The third-order valence-electron chi connectivity index (χ3n) is 4.84. The highest BCUT2D eigenvalue weighted by atomic mass is 32.1. The average Bonchev–Trinajstić information content (AvgIpc) is 3.42. The molecule has 8 heteroatoms. The van der Waals surface area contributed by atoms with Crippen molar-refractivity contribution in [3.63, 3.8) is 0 Å². The van der Waals surface area contributed by atoms with E-state index in [4.69, 9.17) is 21.7 Å². The van der Waals surface area contributed by atoms with E-state index in [1.54, 1.807) is 11.0 Å². The van der Waals surface area contributed by atoms with Crippen molar-refractivity contribution in [2.75, 3.05) is 13.8 Å². The van der Waals surface area contributed by atoms with Crippen molar-refractivity contribution in [3.8, 4) is 17.2 Å². The first-order chi connectivity index (χ1) is 13.6. The van der Waals surface area contributed by atoms with Gasteiger partial charge in [0.25, 0.3) is 0 Å². The molecule has 0 radical (unpaired) electrons. The number of hydrogen-bond donors (Lipinski definition) is 1. The van der Waals surface area contributed by atoms with Crippen LogP contribution in [0.15, 0.2) is 55.1 Å². The topological polar surface area (TPSA) is 64.4 Å². The van der Waals surface area contributed by atoms with Gasteiger partial charge in [-0.2, -0.15) is 5.10 Å². The van der Waals surface area contributed by atoms with E-state index in [0.717, 1.165) is 22.7 Å². The average molecular weight is 395 g/mol. The second-order valence-corrected chi connectivity index (χ2v) is 6.95. The Bertz CT molecular complexity index is 959. The summed E-state index contributed by atoms with van der Waals surface area (Å²) < 4.78 is 12.5. The largest absolute Gasteiger partial charge is 0.454 e. The number of hydrogen-bond acceptors (Lipinski definition) is 5. The first-order valence-corrected chi connectivity index (χ1v) is 9.37. The molecular weight excluding hydrogens is 374 g/mol. The van der Waals surface area contributed by atoms with E-state index in [2.05, 4.69) is 34.5 Å². The van der Waals surface area contributed by atoms with Crippen LogP contribution in [0.2, 0.25) is 0 Å². The summed E-state index contributed by atoms with van der Waals surface area (Å²) in [5.41, 5.74) is 3.23. The zero-order valence-corrected chi connectivity index (χ0v) is 16.5. The van der Waals surface area contributed by atoms with Crippen molar-refractivity contribution in [3.05, 3.63) is 66.2 Å². The normalized spacial score (nSPS) is 13.2. The fourth-order valence-electron chi connectivity index (χ4n) is 3.00. The number of nitrogens with zero attached hydrogens (tertiary/aromatic N) is 4. The summed E-state index contributed by atoms with van der Waals surface area (Å²) in [5.74, 6) is 1.56. The molecule has 3 aromatic rings. The van der Waals surface area contributed by atoms with Gasteiger partial charge in [-0.3, -0.25) is 0 Å². The van der Waals surface area contributed by atoms with E-state index in [1.807, 2.05) is 42.3 Å². The molecule has 1 aromatic heterocycles. The minimum absolute atomic E-state index is 0.126. The number of nitrogens with one attached hydrogen (secondary N) is 1. The molecule has 0 spiro atoms. The van der Waals surface area contributed by atoms with Crippen LogP contribution < -0.4 is 14.8 Å².